The molecule has 1 aliphatic rings. The molecule has 3 aromatic rings. The van der Waals surface area contributed by atoms with E-state index < -0.39 is 0 Å². The van der Waals surface area contributed by atoms with Gasteiger partial charge in [-0.1, -0.05) is 29.8 Å². The zero-order valence-corrected chi connectivity index (χ0v) is 21.8. The van der Waals surface area contributed by atoms with E-state index in [0.717, 1.165) is 31.2 Å². The van der Waals surface area contributed by atoms with E-state index in [1.54, 1.807) is 56.7 Å². The van der Waals surface area contributed by atoms with Crippen LogP contribution in [0.25, 0.3) is 0 Å². The van der Waals surface area contributed by atoms with Crippen LogP contribution in [0.2, 0.25) is 5.02 Å². The molecule has 0 unspecified atom stereocenters. The van der Waals surface area contributed by atoms with Crippen molar-refractivity contribution in [2.45, 2.75) is 44.3 Å². The van der Waals surface area contributed by atoms with Crippen molar-refractivity contribution in [2.75, 3.05) is 19.5 Å². The Balaban J connectivity index is 1.62. The van der Waals surface area contributed by atoms with Crippen LogP contribution in [0.15, 0.2) is 66.7 Å². The molecule has 37 heavy (non-hydrogen) atoms. The number of hydrogen-bond donors (Lipinski definition) is 2. The van der Waals surface area contributed by atoms with Crippen LogP contribution in [0.1, 0.15) is 52.0 Å². The lowest BCUT2D eigenvalue weighted by molar-refractivity contribution is 0.0606. The Kier molecular flexibility index (Phi) is 8.69. The molecule has 0 radical (unpaired) electrons. The number of nitrogens with one attached hydrogen (secondary N) is 1. The molecule has 0 atom stereocenters. The summed E-state index contributed by atoms with van der Waals surface area (Å²) in [5.41, 5.74) is 8.56. The van der Waals surface area contributed by atoms with Crippen LogP contribution in [-0.4, -0.2) is 43.0 Å². The number of halogens is 1. The number of hydrogen-bond acceptors (Lipinski definition) is 5. The third kappa shape index (κ3) is 6.42. The normalized spacial score (nSPS) is 17.1. The summed E-state index contributed by atoms with van der Waals surface area (Å²) in [7, 11) is 3.10. The molecular weight excluding hydrogens is 490 g/mol. The van der Waals surface area contributed by atoms with Gasteiger partial charge in [-0.05, 0) is 79.8 Å². The van der Waals surface area contributed by atoms with E-state index in [4.69, 9.17) is 26.8 Å². The Morgan fingerprint density at radius 2 is 1.62 bits per heavy atom. The first-order valence-electron chi connectivity index (χ1n) is 12.3. The molecule has 0 heterocycles. The van der Waals surface area contributed by atoms with Crippen LogP contribution in [0, 0.1) is 0 Å². The predicted molar refractivity (Wildman–Crippen MR) is 145 cm³/mol. The van der Waals surface area contributed by atoms with Gasteiger partial charge in [-0.2, -0.15) is 0 Å². The maximum Gasteiger partial charge on any atom is 0.255 e. The summed E-state index contributed by atoms with van der Waals surface area (Å²) in [6.45, 7) is 0.293. The zero-order chi connectivity index (χ0) is 26.4. The molecule has 4 rings (SSSR count). The Morgan fingerprint density at radius 1 is 0.919 bits per heavy atom. The number of carbonyl (C=O) groups excluding carboxylic acids is 2. The van der Waals surface area contributed by atoms with Crippen LogP contribution < -0.4 is 20.5 Å². The highest BCUT2D eigenvalue weighted by atomic mass is 35.5. The number of methoxy groups -OCH3 is 2. The third-order valence-electron chi connectivity index (χ3n) is 6.75. The average molecular weight is 522 g/mol. The molecule has 3 N–H and O–H groups in total. The Hall–Kier alpha value is -3.55. The molecule has 7 nitrogen and oxygen atoms in total. The van der Waals surface area contributed by atoms with Gasteiger partial charge in [-0.15, -0.1) is 0 Å². The Labute approximate surface area is 222 Å². The van der Waals surface area contributed by atoms with Crippen molar-refractivity contribution >= 4 is 29.1 Å². The lowest BCUT2D eigenvalue weighted by Gasteiger charge is -2.36. The second-order valence-electron chi connectivity index (χ2n) is 9.20. The van der Waals surface area contributed by atoms with Gasteiger partial charge in [0.2, 0.25) is 0 Å². The lowest BCUT2D eigenvalue weighted by atomic mass is 9.90. The molecule has 194 valence electrons. The van der Waals surface area contributed by atoms with Gasteiger partial charge in [-0.3, -0.25) is 9.59 Å². The van der Waals surface area contributed by atoms with Crippen LogP contribution >= 0.6 is 11.6 Å². The van der Waals surface area contributed by atoms with E-state index >= 15 is 0 Å². The molecule has 2 amide bonds. The number of nitrogens with zero attached hydrogens (tertiary/aromatic N) is 1. The van der Waals surface area contributed by atoms with Gasteiger partial charge < -0.3 is 25.4 Å². The summed E-state index contributed by atoms with van der Waals surface area (Å²) < 4.78 is 10.8. The van der Waals surface area contributed by atoms with Gasteiger partial charge in [0.15, 0.2) is 11.5 Å². The van der Waals surface area contributed by atoms with Crippen molar-refractivity contribution in [3.05, 3.63) is 88.4 Å². The molecular formula is C29H32ClN3O4. The molecule has 0 bridgehead atoms. The van der Waals surface area contributed by atoms with Gasteiger partial charge in [0.1, 0.15) is 0 Å². The molecule has 0 saturated heterocycles. The van der Waals surface area contributed by atoms with Gasteiger partial charge >= 0.3 is 0 Å². The van der Waals surface area contributed by atoms with Crippen molar-refractivity contribution < 1.29 is 19.1 Å². The van der Waals surface area contributed by atoms with Crippen LogP contribution in [0.4, 0.5) is 5.69 Å². The van der Waals surface area contributed by atoms with Crippen molar-refractivity contribution in [3.63, 3.8) is 0 Å². The summed E-state index contributed by atoms with van der Waals surface area (Å²) >= 11 is 6.59. The monoisotopic (exact) mass is 521 g/mol. The first-order valence-corrected chi connectivity index (χ1v) is 12.7. The van der Waals surface area contributed by atoms with Crippen LogP contribution in [0.5, 0.6) is 11.5 Å². The quantitative estimate of drug-likeness (QED) is 0.407. The largest absolute Gasteiger partial charge is 0.493 e. The van der Waals surface area contributed by atoms with E-state index in [9.17, 15) is 9.59 Å². The SMILES string of the molecule is COc1ccc(C(=O)N(Cc2cc(NC(=O)c3ccccc3)ccc2Cl)C2CCC(N)CC2)cc1OC. The molecule has 8 heteroatoms. The van der Waals surface area contributed by atoms with E-state index in [0.29, 0.717) is 39.9 Å². The zero-order valence-electron chi connectivity index (χ0n) is 21.1. The smallest absolute Gasteiger partial charge is 0.255 e. The minimum Gasteiger partial charge on any atom is -0.493 e. The first kappa shape index (κ1) is 26.5. The van der Waals surface area contributed by atoms with Crippen molar-refractivity contribution in [1.29, 1.82) is 0 Å². The molecule has 0 aliphatic heterocycles. The van der Waals surface area contributed by atoms with E-state index in [1.165, 1.54) is 0 Å². The average Bonchev–Trinajstić information content (AvgIpc) is 2.93. The Bertz CT molecular complexity index is 1240. The van der Waals surface area contributed by atoms with E-state index in [1.807, 2.05) is 29.2 Å². The molecule has 1 aliphatic carbocycles. The van der Waals surface area contributed by atoms with Gasteiger partial charge in [0.25, 0.3) is 11.8 Å². The molecule has 0 aromatic heterocycles. The van der Waals surface area contributed by atoms with Crippen molar-refractivity contribution in [2.24, 2.45) is 5.73 Å². The Morgan fingerprint density at radius 3 is 2.30 bits per heavy atom. The van der Waals surface area contributed by atoms with Crippen LogP contribution in [0.3, 0.4) is 0 Å². The second-order valence-corrected chi connectivity index (χ2v) is 9.60. The van der Waals surface area contributed by atoms with E-state index in [2.05, 4.69) is 5.32 Å². The molecule has 3 aromatic carbocycles. The summed E-state index contributed by atoms with van der Waals surface area (Å²) in [4.78, 5) is 28.4. The van der Waals surface area contributed by atoms with Gasteiger partial charge in [0, 0.05) is 40.5 Å². The highest BCUT2D eigenvalue weighted by molar-refractivity contribution is 6.31. The second kappa shape index (κ2) is 12.1. The number of carbonyl (C=O) groups is 2. The standard InChI is InChI=1S/C29H32ClN3O4/c1-36-26-15-8-20(17-27(26)37-2)29(35)33(24-12-9-22(31)10-13-24)18-21-16-23(11-14-25(21)30)32-28(34)19-6-4-3-5-7-19/h3-8,11,14-17,22,24H,9-10,12-13,18,31H2,1-2H3,(H,32,34). The highest BCUT2D eigenvalue weighted by Gasteiger charge is 2.29. The lowest BCUT2D eigenvalue weighted by Crippen LogP contribution is -2.44. The predicted octanol–water partition coefficient (Wildman–Crippen LogP) is 5.52. The number of amides is 2. The maximum atomic E-state index is 13.8. The third-order valence-corrected chi connectivity index (χ3v) is 7.12. The maximum absolute atomic E-state index is 13.8. The number of benzene rings is 3. The van der Waals surface area contributed by atoms with Gasteiger partial charge in [-0.25, -0.2) is 0 Å². The number of ether oxygens (including phenoxy) is 2. The summed E-state index contributed by atoms with van der Waals surface area (Å²) in [6.07, 6.45) is 3.31. The fraction of sp³-hybridized carbons (Fsp3) is 0.310. The van der Waals surface area contributed by atoms with E-state index in [-0.39, 0.29) is 23.9 Å². The highest BCUT2D eigenvalue weighted by Crippen LogP contribution is 2.32. The number of rotatable bonds is 8. The summed E-state index contributed by atoms with van der Waals surface area (Å²) in [5.74, 6) is 0.700. The summed E-state index contributed by atoms with van der Waals surface area (Å²) in [5, 5.41) is 3.45. The fourth-order valence-corrected chi connectivity index (χ4v) is 4.84. The van der Waals surface area contributed by atoms with Crippen molar-refractivity contribution in [1.82, 2.24) is 4.90 Å². The number of nitrogens with two attached hydrogens (primary N) is 1. The van der Waals surface area contributed by atoms with Crippen molar-refractivity contribution in [3.8, 4) is 11.5 Å². The minimum absolute atomic E-state index is 0.0130. The fourth-order valence-electron chi connectivity index (χ4n) is 4.67. The van der Waals surface area contributed by atoms with Gasteiger partial charge in [0.05, 0.1) is 14.2 Å². The minimum atomic E-state index is -0.214. The first-order chi connectivity index (χ1) is 17.9. The molecule has 1 saturated carbocycles. The summed E-state index contributed by atoms with van der Waals surface area (Å²) in [6, 6.07) is 19.6. The molecule has 0 spiro atoms. The molecule has 1 fully saturated rings. The topological polar surface area (TPSA) is 93.9 Å². The number of anilines is 1. The van der Waals surface area contributed by atoms with Crippen LogP contribution in [-0.2, 0) is 6.54 Å².